The van der Waals surface area contributed by atoms with Gasteiger partial charge in [0.15, 0.2) is 0 Å². The van der Waals surface area contributed by atoms with Gasteiger partial charge in [-0.3, -0.25) is 0 Å². The molecule has 0 saturated carbocycles. The molecule has 1 amide bonds. The van der Waals surface area contributed by atoms with E-state index in [0.29, 0.717) is 13.0 Å². The molecule has 0 fully saturated rings. The molecule has 0 aliphatic heterocycles. The summed E-state index contributed by atoms with van der Waals surface area (Å²) in [6, 6.07) is 5.73. The van der Waals surface area contributed by atoms with Crippen LogP contribution in [0, 0.1) is 0 Å². The van der Waals surface area contributed by atoms with Gasteiger partial charge in [0, 0.05) is 17.5 Å². The summed E-state index contributed by atoms with van der Waals surface area (Å²) in [7, 11) is 0. The lowest BCUT2D eigenvalue weighted by Crippen LogP contribution is -2.33. The van der Waals surface area contributed by atoms with Crippen LogP contribution in [-0.4, -0.2) is 23.3 Å². The van der Waals surface area contributed by atoms with Crippen LogP contribution in [0.1, 0.15) is 31.9 Å². The van der Waals surface area contributed by atoms with Crippen molar-refractivity contribution in [1.82, 2.24) is 5.32 Å². The third-order valence-corrected chi connectivity index (χ3v) is 2.99. The van der Waals surface area contributed by atoms with Crippen molar-refractivity contribution < 1.29 is 19.1 Å². The number of fused-ring (bicyclic) bond motifs is 1. The van der Waals surface area contributed by atoms with Crippen molar-refractivity contribution in [2.24, 2.45) is 0 Å². The Morgan fingerprint density at radius 2 is 2.10 bits per heavy atom. The summed E-state index contributed by atoms with van der Waals surface area (Å²) in [6.07, 6.45) is 1.78. The average Bonchev–Trinajstić information content (AvgIpc) is 2.80. The summed E-state index contributed by atoms with van der Waals surface area (Å²) in [4.78, 5) is 11.6. The van der Waals surface area contributed by atoms with Crippen LogP contribution in [0.15, 0.2) is 28.9 Å². The number of aliphatic hydroxyl groups excluding tert-OH is 1. The molecule has 0 aliphatic carbocycles. The number of hydrogen-bond acceptors (Lipinski definition) is 4. The minimum atomic E-state index is -0.501. The Bertz CT molecular complexity index is 625. The normalized spacial score (nSPS) is 11.6. The van der Waals surface area contributed by atoms with E-state index in [-0.39, 0.29) is 6.61 Å². The van der Waals surface area contributed by atoms with E-state index in [1.807, 2.05) is 39.0 Å². The second-order valence-corrected chi connectivity index (χ2v) is 5.89. The Balaban J connectivity index is 2.01. The number of aliphatic hydroxyl groups is 1. The summed E-state index contributed by atoms with van der Waals surface area (Å²) in [5.41, 5.74) is 2.03. The summed E-state index contributed by atoms with van der Waals surface area (Å²) < 4.78 is 10.6. The number of alkyl carbamates (subject to hydrolysis) is 1. The molecule has 2 rings (SSSR count). The highest BCUT2D eigenvalue weighted by Gasteiger charge is 2.16. The zero-order valence-electron chi connectivity index (χ0n) is 12.6. The maximum atomic E-state index is 11.6. The molecular weight excluding hydrogens is 270 g/mol. The molecular formula is C16H21NO4. The van der Waals surface area contributed by atoms with Crippen LogP contribution in [0.25, 0.3) is 11.0 Å². The molecule has 114 valence electrons. The van der Waals surface area contributed by atoms with Gasteiger partial charge in [-0.1, -0.05) is 12.1 Å². The molecule has 5 heteroatoms. The van der Waals surface area contributed by atoms with E-state index in [2.05, 4.69) is 5.32 Å². The molecule has 1 aromatic heterocycles. The number of ether oxygens (including phenoxy) is 1. The number of benzene rings is 1. The Morgan fingerprint density at radius 1 is 1.33 bits per heavy atom. The first-order chi connectivity index (χ1) is 9.90. The van der Waals surface area contributed by atoms with Gasteiger partial charge in [0.1, 0.15) is 11.2 Å². The van der Waals surface area contributed by atoms with Crippen LogP contribution in [0.5, 0.6) is 0 Å². The fourth-order valence-corrected chi connectivity index (χ4v) is 2.17. The molecule has 2 N–H and O–H groups in total. The Morgan fingerprint density at radius 3 is 2.76 bits per heavy atom. The van der Waals surface area contributed by atoms with Crippen molar-refractivity contribution in [2.75, 3.05) is 6.54 Å². The summed E-state index contributed by atoms with van der Waals surface area (Å²) in [5.74, 6) is 0. The Hall–Kier alpha value is -2.01. The zero-order chi connectivity index (χ0) is 15.5. The summed E-state index contributed by atoms with van der Waals surface area (Å²) in [5, 5.41) is 13.0. The van der Waals surface area contributed by atoms with Crippen LogP contribution >= 0.6 is 0 Å². The van der Waals surface area contributed by atoms with Gasteiger partial charge in [-0.15, -0.1) is 0 Å². The van der Waals surface area contributed by atoms with Gasteiger partial charge in [-0.25, -0.2) is 4.79 Å². The zero-order valence-corrected chi connectivity index (χ0v) is 12.6. The predicted molar refractivity (Wildman–Crippen MR) is 80.1 cm³/mol. The quantitative estimate of drug-likeness (QED) is 0.908. The third kappa shape index (κ3) is 3.98. The molecule has 0 saturated heterocycles. The second kappa shape index (κ2) is 6.18. The minimum absolute atomic E-state index is 0.0660. The predicted octanol–water partition coefficient (Wildman–Crippen LogP) is 2.99. The fourth-order valence-electron chi connectivity index (χ4n) is 2.17. The maximum absolute atomic E-state index is 11.6. The lowest BCUT2D eigenvalue weighted by molar-refractivity contribution is 0.0528. The molecule has 21 heavy (non-hydrogen) atoms. The summed E-state index contributed by atoms with van der Waals surface area (Å²) in [6.45, 7) is 5.87. The second-order valence-electron chi connectivity index (χ2n) is 5.89. The van der Waals surface area contributed by atoms with E-state index in [9.17, 15) is 9.90 Å². The van der Waals surface area contributed by atoms with E-state index in [1.165, 1.54) is 0 Å². The first-order valence-corrected chi connectivity index (χ1v) is 6.96. The van der Waals surface area contributed by atoms with Gasteiger partial charge < -0.3 is 19.6 Å². The SMILES string of the molecule is CC(C)(C)OC(=O)NCCc1cccc2occ(CO)c12. The van der Waals surface area contributed by atoms with Crippen molar-refractivity contribution in [2.45, 2.75) is 39.4 Å². The number of furan rings is 1. The maximum Gasteiger partial charge on any atom is 0.407 e. The molecule has 0 atom stereocenters. The smallest absolute Gasteiger partial charge is 0.407 e. The molecule has 5 nitrogen and oxygen atoms in total. The van der Waals surface area contributed by atoms with E-state index >= 15 is 0 Å². The molecule has 1 aromatic carbocycles. The molecule has 0 unspecified atom stereocenters. The molecule has 0 bridgehead atoms. The molecule has 0 radical (unpaired) electrons. The topological polar surface area (TPSA) is 71.7 Å². The number of rotatable bonds is 4. The van der Waals surface area contributed by atoms with Gasteiger partial charge in [-0.05, 0) is 38.8 Å². The molecule has 2 aromatic rings. The average molecular weight is 291 g/mol. The van der Waals surface area contributed by atoms with E-state index in [0.717, 1.165) is 22.1 Å². The number of amides is 1. The molecule has 1 heterocycles. The van der Waals surface area contributed by atoms with Crippen molar-refractivity contribution >= 4 is 17.1 Å². The first kappa shape index (κ1) is 15.4. The van der Waals surface area contributed by atoms with Gasteiger partial charge in [0.2, 0.25) is 0 Å². The van der Waals surface area contributed by atoms with Crippen molar-refractivity contribution in [3.05, 3.63) is 35.6 Å². The third-order valence-electron chi connectivity index (χ3n) is 2.99. The largest absolute Gasteiger partial charge is 0.464 e. The molecule has 0 spiro atoms. The van der Waals surface area contributed by atoms with E-state index < -0.39 is 11.7 Å². The van der Waals surface area contributed by atoms with Crippen LogP contribution in [0.4, 0.5) is 4.79 Å². The van der Waals surface area contributed by atoms with E-state index in [4.69, 9.17) is 9.15 Å². The van der Waals surface area contributed by atoms with Crippen LogP contribution < -0.4 is 5.32 Å². The van der Waals surface area contributed by atoms with Gasteiger partial charge >= 0.3 is 6.09 Å². The molecule has 0 aliphatic rings. The van der Waals surface area contributed by atoms with E-state index in [1.54, 1.807) is 6.26 Å². The van der Waals surface area contributed by atoms with Gasteiger partial charge in [0.25, 0.3) is 0 Å². The van der Waals surface area contributed by atoms with Crippen molar-refractivity contribution in [1.29, 1.82) is 0 Å². The van der Waals surface area contributed by atoms with Crippen LogP contribution in [0.3, 0.4) is 0 Å². The van der Waals surface area contributed by atoms with Crippen LogP contribution in [0.2, 0.25) is 0 Å². The standard InChI is InChI=1S/C16H21NO4/c1-16(2,3)21-15(19)17-8-7-11-5-4-6-13-14(11)12(9-18)10-20-13/h4-6,10,18H,7-9H2,1-3H3,(H,17,19). The van der Waals surface area contributed by atoms with Crippen LogP contribution in [-0.2, 0) is 17.8 Å². The first-order valence-electron chi connectivity index (χ1n) is 6.96. The number of carbonyl (C=O) groups is 1. The lowest BCUT2D eigenvalue weighted by atomic mass is 10.0. The highest BCUT2D eigenvalue weighted by molar-refractivity contribution is 5.84. The number of hydrogen-bond donors (Lipinski definition) is 2. The monoisotopic (exact) mass is 291 g/mol. The minimum Gasteiger partial charge on any atom is -0.464 e. The Kier molecular flexibility index (Phi) is 4.53. The van der Waals surface area contributed by atoms with Crippen molar-refractivity contribution in [3.63, 3.8) is 0 Å². The highest BCUT2D eigenvalue weighted by Crippen LogP contribution is 2.25. The van der Waals surface area contributed by atoms with Gasteiger partial charge in [-0.2, -0.15) is 0 Å². The summed E-state index contributed by atoms with van der Waals surface area (Å²) >= 11 is 0. The fraction of sp³-hybridized carbons (Fsp3) is 0.438. The highest BCUT2D eigenvalue weighted by atomic mass is 16.6. The number of nitrogens with one attached hydrogen (secondary N) is 1. The van der Waals surface area contributed by atoms with Crippen molar-refractivity contribution in [3.8, 4) is 0 Å². The Labute approximate surface area is 123 Å². The van der Waals surface area contributed by atoms with Gasteiger partial charge in [0.05, 0.1) is 12.9 Å². The number of carbonyl (C=O) groups excluding carboxylic acids is 1. The lowest BCUT2D eigenvalue weighted by Gasteiger charge is -2.19.